The first-order valence-corrected chi connectivity index (χ1v) is 9.24. The van der Waals surface area contributed by atoms with Crippen LogP contribution in [0.1, 0.15) is 5.56 Å². The van der Waals surface area contributed by atoms with E-state index in [1.165, 1.54) is 6.08 Å². The second kappa shape index (κ2) is 7.89. The Labute approximate surface area is 171 Å². The van der Waals surface area contributed by atoms with E-state index in [4.69, 9.17) is 27.6 Å². The number of nitrogens with zero attached hydrogens (tertiary/aromatic N) is 1. The molecule has 0 saturated heterocycles. The molecular weight excluding hydrogens is 395 g/mol. The number of hydrogen-bond donors (Lipinski definition) is 1. The zero-order valence-electron chi connectivity index (χ0n) is 14.5. The minimum Gasteiger partial charge on any atom is -0.436 e. The molecule has 1 N–H and O–H groups in total. The molecule has 3 aromatic carbocycles. The molecule has 6 heteroatoms. The summed E-state index contributed by atoms with van der Waals surface area (Å²) in [6.07, 6.45) is 3.25. The standard InChI is InChI=1S/C22H14Cl2N2O2/c23-17-9-7-15(12-18(17)24)22-26-19-13-16(8-10-20(19)28-22)25-21(27)11-6-14-4-2-1-3-5-14/h1-13H,(H,25,27)/b11-6-. The molecule has 0 saturated carbocycles. The monoisotopic (exact) mass is 408 g/mol. The summed E-state index contributed by atoms with van der Waals surface area (Å²) in [7, 11) is 0. The minimum atomic E-state index is -0.226. The molecule has 0 radical (unpaired) electrons. The minimum absolute atomic E-state index is 0.226. The number of oxazole rings is 1. The number of nitrogens with one attached hydrogen (secondary N) is 1. The Hall–Kier alpha value is -3.08. The summed E-state index contributed by atoms with van der Waals surface area (Å²) in [5.41, 5.74) is 3.55. The van der Waals surface area contributed by atoms with Gasteiger partial charge in [0.15, 0.2) is 5.58 Å². The second-order valence-corrected chi connectivity index (χ2v) is 6.88. The third-order valence-electron chi connectivity index (χ3n) is 4.05. The first kappa shape index (κ1) is 18.3. The number of benzene rings is 3. The second-order valence-electron chi connectivity index (χ2n) is 6.06. The number of carbonyl (C=O) groups is 1. The molecule has 1 amide bonds. The van der Waals surface area contributed by atoms with Crippen LogP contribution in [0.15, 0.2) is 77.2 Å². The smallest absolute Gasteiger partial charge is 0.248 e. The van der Waals surface area contributed by atoms with Crippen molar-refractivity contribution in [3.8, 4) is 11.5 Å². The summed E-state index contributed by atoms with van der Waals surface area (Å²) in [5.74, 6) is 0.206. The van der Waals surface area contributed by atoms with Gasteiger partial charge in [-0.05, 0) is 48.0 Å². The van der Waals surface area contributed by atoms with E-state index in [2.05, 4.69) is 10.3 Å². The lowest BCUT2D eigenvalue weighted by Gasteiger charge is -2.01. The Morgan fingerprint density at radius 1 is 0.964 bits per heavy atom. The molecular formula is C22H14Cl2N2O2. The summed E-state index contributed by atoms with van der Waals surface area (Å²) in [6.45, 7) is 0. The highest BCUT2D eigenvalue weighted by molar-refractivity contribution is 6.42. The molecule has 4 nitrogen and oxygen atoms in total. The number of amides is 1. The molecule has 1 aromatic heterocycles. The van der Waals surface area contributed by atoms with Crippen molar-refractivity contribution in [1.82, 2.24) is 4.98 Å². The summed E-state index contributed by atoms with van der Waals surface area (Å²) in [4.78, 5) is 16.6. The highest BCUT2D eigenvalue weighted by Crippen LogP contribution is 2.30. The van der Waals surface area contributed by atoms with E-state index in [1.807, 2.05) is 30.3 Å². The van der Waals surface area contributed by atoms with Crippen molar-refractivity contribution in [2.24, 2.45) is 0 Å². The van der Waals surface area contributed by atoms with E-state index in [1.54, 1.807) is 42.5 Å². The predicted molar refractivity (Wildman–Crippen MR) is 114 cm³/mol. The molecule has 0 spiro atoms. The Balaban J connectivity index is 1.53. The van der Waals surface area contributed by atoms with Gasteiger partial charge in [-0.1, -0.05) is 53.5 Å². The van der Waals surface area contributed by atoms with E-state index in [0.717, 1.165) is 11.1 Å². The van der Waals surface area contributed by atoms with Crippen LogP contribution >= 0.6 is 23.2 Å². The number of aromatic nitrogens is 1. The van der Waals surface area contributed by atoms with Crippen LogP contribution in [0.5, 0.6) is 0 Å². The number of halogens is 2. The largest absolute Gasteiger partial charge is 0.436 e. The first-order valence-electron chi connectivity index (χ1n) is 8.48. The van der Waals surface area contributed by atoms with Crippen LogP contribution in [-0.2, 0) is 4.79 Å². The third-order valence-corrected chi connectivity index (χ3v) is 4.79. The summed E-state index contributed by atoms with van der Waals surface area (Å²) >= 11 is 12.0. The Kier molecular flexibility index (Phi) is 5.15. The first-order chi connectivity index (χ1) is 13.6. The van der Waals surface area contributed by atoms with E-state index in [0.29, 0.717) is 32.7 Å². The van der Waals surface area contributed by atoms with E-state index >= 15 is 0 Å². The van der Waals surface area contributed by atoms with Crippen molar-refractivity contribution >= 4 is 52.0 Å². The van der Waals surface area contributed by atoms with Gasteiger partial charge in [0, 0.05) is 17.3 Å². The fourth-order valence-corrected chi connectivity index (χ4v) is 2.98. The molecule has 4 rings (SSSR count). The molecule has 1 heterocycles. The quantitative estimate of drug-likeness (QED) is 0.394. The van der Waals surface area contributed by atoms with Crippen LogP contribution in [-0.4, -0.2) is 10.9 Å². The molecule has 0 atom stereocenters. The zero-order valence-corrected chi connectivity index (χ0v) is 16.0. The molecule has 0 aliphatic rings. The van der Waals surface area contributed by atoms with Gasteiger partial charge in [-0.15, -0.1) is 0 Å². The number of rotatable bonds is 4. The lowest BCUT2D eigenvalue weighted by atomic mass is 10.2. The van der Waals surface area contributed by atoms with E-state index in [9.17, 15) is 4.79 Å². The fraction of sp³-hybridized carbons (Fsp3) is 0. The number of anilines is 1. The molecule has 0 aliphatic heterocycles. The third kappa shape index (κ3) is 4.09. The van der Waals surface area contributed by atoms with E-state index < -0.39 is 0 Å². The average molecular weight is 409 g/mol. The van der Waals surface area contributed by atoms with Gasteiger partial charge in [-0.2, -0.15) is 0 Å². The van der Waals surface area contributed by atoms with Gasteiger partial charge in [0.2, 0.25) is 11.8 Å². The molecule has 0 fully saturated rings. The normalized spacial score (nSPS) is 11.2. The molecule has 0 bridgehead atoms. The molecule has 0 unspecified atom stereocenters. The maximum absolute atomic E-state index is 12.1. The Morgan fingerprint density at radius 3 is 2.57 bits per heavy atom. The predicted octanol–water partition coefficient (Wildman–Crippen LogP) is 6.45. The van der Waals surface area contributed by atoms with Crippen molar-refractivity contribution in [3.05, 3.63) is 88.4 Å². The highest BCUT2D eigenvalue weighted by Gasteiger charge is 2.11. The molecule has 0 aliphatic carbocycles. The molecule has 4 aromatic rings. The number of fused-ring (bicyclic) bond motifs is 1. The highest BCUT2D eigenvalue weighted by atomic mass is 35.5. The van der Waals surface area contributed by atoms with Crippen LogP contribution in [0.25, 0.3) is 28.6 Å². The van der Waals surface area contributed by atoms with Crippen molar-refractivity contribution < 1.29 is 9.21 Å². The van der Waals surface area contributed by atoms with Gasteiger partial charge in [-0.25, -0.2) is 4.98 Å². The van der Waals surface area contributed by atoms with Gasteiger partial charge in [0.05, 0.1) is 10.0 Å². The van der Waals surface area contributed by atoms with Gasteiger partial charge in [0.25, 0.3) is 0 Å². The zero-order chi connectivity index (χ0) is 19.5. The molecule has 138 valence electrons. The maximum Gasteiger partial charge on any atom is 0.248 e. The Bertz CT molecular complexity index is 1180. The van der Waals surface area contributed by atoms with Gasteiger partial charge in [-0.3, -0.25) is 4.79 Å². The molecule has 28 heavy (non-hydrogen) atoms. The van der Waals surface area contributed by atoms with Crippen LogP contribution in [0.2, 0.25) is 10.0 Å². The summed E-state index contributed by atoms with van der Waals surface area (Å²) in [5, 5.41) is 3.72. The van der Waals surface area contributed by atoms with Crippen molar-refractivity contribution in [2.45, 2.75) is 0 Å². The van der Waals surface area contributed by atoms with Crippen LogP contribution < -0.4 is 5.32 Å². The van der Waals surface area contributed by atoms with Gasteiger partial charge >= 0.3 is 0 Å². The van der Waals surface area contributed by atoms with Gasteiger partial charge < -0.3 is 9.73 Å². The lowest BCUT2D eigenvalue weighted by Crippen LogP contribution is -2.07. The van der Waals surface area contributed by atoms with Crippen molar-refractivity contribution in [3.63, 3.8) is 0 Å². The average Bonchev–Trinajstić information content (AvgIpc) is 3.13. The van der Waals surface area contributed by atoms with Crippen LogP contribution in [0.3, 0.4) is 0 Å². The van der Waals surface area contributed by atoms with Crippen molar-refractivity contribution in [2.75, 3.05) is 5.32 Å². The number of carbonyl (C=O) groups excluding carboxylic acids is 1. The topological polar surface area (TPSA) is 55.1 Å². The van der Waals surface area contributed by atoms with Crippen LogP contribution in [0.4, 0.5) is 5.69 Å². The summed E-state index contributed by atoms with van der Waals surface area (Å²) < 4.78 is 5.77. The van der Waals surface area contributed by atoms with Crippen molar-refractivity contribution in [1.29, 1.82) is 0 Å². The fourth-order valence-electron chi connectivity index (χ4n) is 2.68. The summed E-state index contributed by atoms with van der Waals surface area (Å²) in [6, 6.07) is 20.1. The SMILES string of the molecule is O=C(/C=C\c1ccccc1)Nc1ccc2oc(-c3ccc(Cl)c(Cl)c3)nc2c1. The lowest BCUT2D eigenvalue weighted by molar-refractivity contribution is -0.111. The van der Waals surface area contributed by atoms with Gasteiger partial charge in [0.1, 0.15) is 5.52 Å². The maximum atomic E-state index is 12.1. The van der Waals surface area contributed by atoms with Crippen LogP contribution in [0, 0.1) is 0 Å². The Morgan fingerprint density at radius 2 is 1.79 bits per heavy atom. The van der Waals surface area contributed by atoms with E-state index in [-0.39, 0.29) is 5.91 Å². The number of hydrogen-bond acceptors (Lipinski definition) is 3.